The molecule has 0 fully saturated rings. The van der Waals surface area contributed by atoms with Crippen molar-refractivity contribution in [2.75, 3.05) is 11.9 Å². The molecule has 102 valence electrons. The third-order valence-corrected chi connectivity index (χ3v) is 2.54. The van der Waals surface area contributed by atoms with E-state index in [4.69, 9.17) is 4.74 Å². The Labute approximate surface area is 116 Å². The first-order chi connectivity index (χ1) is 9.70. The van der Waals surface area contributed by atoms with E-state index < -0.39 is 5.97 Å². The molecule has 1 heterocycles. The number of amides is 1. The van der Waals surface area contributed by atoms with E-state index >= 15 is 0 Å². The summed E-state index contributed by atoms with van der Waals surface area (Å²) in [5, 5.41) is 2.70. The van der Waals surface area contributed by atoms with Gasteiger partial charge >= 0.3 is 5.97 Å². The number of nitrogens with one attached hydrogen (secondary N) is 1. The summed E-state index contributed by atoms with van der Waals surface area (Å²) in [7, 11) is 0. The lowest BCUT2D eigenvalue weighted by atomic mass is 10.2. The topological polar surface area (TPSA) is 68.3 Å². The predicted molar refractivity (Wildman–Crippen MR) is 74.6 cm³/mol. The van der Waals surface area contributed by atoms with E-state index in [0.29, 0.717) is 17.9 Å². The van der Waals surface area contributed by atoms with Gasteiger partial charge in [0.2, 0.25) is 0 Å². The minimum Gasteiger partial charge on any atom is -0.461 e. The Bertz CT molecular complexity index is 594. The molecule has 1 amide bonds. The van der Waals surface area contributed by atoms with Gasteiger partial charge in [-0.25, -0.2) is 9.78 Å². The minimum atomic E-state index is -0.478. The van der Waals surface area contributed by atoms with E-state index in [2.05, 4.69) is 10.3 Å². The maximum absolute atomic E-state index is 11.9. The molecule has 0 spiro atoms. The van der Waals surface area contributed by atoms with Gasteiger partial charge in [0, 0.05) is 5.56 Å². The average molecular weight is 270 g/mol. The zero-order chi connectivity index (χ0) is 14.4. The van der Waals surface area contributed by atoms with Gasteiger partial charge in [0.1, 0.15) is 5.69 Å². The number of hydrogen-bond acceptors (Lipinski definition) is 4. The third kappa shape index (κ3) is 3.41. The monoisotopic (exact) mass is 270 g/mol. The van der Waals surface area contributed by atoms with Crippen molar-refractivity contribution in [2.45, 2.75) is 6.92 Å². The predicted octanol–water partition coefficient (Wildman–Crippen LogP) is 2.51. The average Bonchev–Trinajstić information content (AvgIpc) is 2.49. The van der Waals surface area contributed by atoms with Crippen LogP contribution in [-0.2, 0) is 4.74 Å². The van der Waals surface area contributed by atoms with Gasteiger partial charge in [-0.1, -0.05) is 18.2 Å². The van der Waals surface area contributed by atoms with Crippen LogP contribution in [0, 0.1) is 0 Å². The number of hydrogen-bond donors (Lipinski definition) is 1. The van der Waals surface area contributed by atoms with Crippen LogP contribution in [0.2, 0.25) is 0 Å². The van der Waals surface area contributed by atoms with Gasteiger partial charge in [0.15, 0.2) is 0 Å². The normalized spacial score (nSPS) is 9.85. The van der Waals surface area contributed by atoms with Gasteiger partial charge in [-0.3, -0.25) is 4.79 Å². The van der Waals surface area contributed by atoms with Crippen LogP contribution in [0.15, 0.2) is 48.7 Å². The number of anilines is 1. The van der Waals surface area contributed by atoms with Gasteiger partial charge < -0.3 is 10.1 Å². The fourth-order valence-corrected chi connectivity index (χ4v) is 1.59. The van der Waals surface area contributed by atoms with Crippen LogP contribution in [0.5, 0.6) is 0 Å². The van der Waals surface area contributed by atoms with Crippen LogP contribution in [0.1, 0.15) is 27.8 Å². The van der Waals surface area contributed by atoms with Gasteiger partial charge in [-0.2, -0.15) is 0 Å². The molecule has 5 heteroatoms. The van der Waals surface area contributed by atoms with Crippen LogP contribution in [0.3, 0.4) is 0 Å². The molecule has 5 nitrogen and oxygen atoms in total. The molecule has 2 rings (SSSR count). The van der Waals surface area contributed by atoms with Crippen molar-refractivity contribution in [1.82, 2.24) is 4.98 Å². The van der Waals surface area contributed by atoms with E-state index in [9.17, 15) is 9.59 Å². The number of benzene rings is 1. The van der Waals surface area contributed by atoms with Crippen LogP contribution in [-0.4, -0.2) is 23.5 Å². The molecule has 0 aliphatic rings. The van der Waals surface area contributed by atoms with Crippen molar-refractivity contribution < 1.29 is 14.3 Å². The molecule has 2 aromatic rings. The highest BCUT2D eigenvalue weighted by Crippen LogP contribution is 2.09. The molecule has 0 saturated carbocycles. The zero-order valence-corrected chi connectivity index (χ0v) is 11.0. The molecule has 0 atom stereocenters. The van der Waals surface area contributed by atoms with Gasteiger partial charge in [0.05, 0.1) is 18.5 Å². The highest BCUT2D eigenvalue weighted by molar-refractivity contribution is 6.04. The van der Waals surface area contributed by atoms with Crippen LogP contribution < -0.4 is 5.32 Å². The van der Waals surface area contributed by atoms with E-state index in [1.54, 1.807) is 37.3 Å². The zero-order valence-electron chi connectivity index (χ0n) is 11.0. The first kappa shape index (κ1) is 13.7. The largest absolute Gasteiger partial charge is 0.461 e. The number of carbonyl (C=O) groups excluding carboxylic acids is 2. The van der Waals surface area contributed by atoms with Crippen molar-refractivity contribution in [3.63, 3.8) is 0 Å². The van der Waals surface area contributed by atoms with Crippen LogP contribution in [0.25, 0.3) is 0 Å². The summed E-state index contributed by atoms with van der Waals surface area (Å²) in [6.45, 7) is 2.03. The van der Waals surface area contributed by atoms with Crippen molar-refractivity contribution in [3.8, 4) is 0 Å². The maximum atomic E-state index is 11.9. The standard InChI is InChI=1S/C15H14N2O3/c1-2-20-15(19)13-9-8-12(10-16-13)17-14(18)11-6-4-3-5-7-11/h3-10H,2H2,1H3,(H,17,18). The molecular weight excluding hydrogens is 256 g/mol. The van der Waals surface area contributed by atoms with Crippen molar-refractivity contribution in [3.05, 3.63) is 59.9 Å². The lowest BCUT2D eigenvalue weighted by Gasteiger charge is -2.05. The minimum absolute atomic E-state index is 0.213. The summed E-state index contributed by atoms with van der Waals surface area (Å²) >= 11 is 0. The van der Waals surface area contributed by atoms with Crippen LogP contribution >= 0.6 is 0 Å². The number of carbonyl (C=O) groups is 2. The molecule has 0 bridgehead atoms. The molecular formula is C15H14N2O3. The Morgan fingerprint density at radius 1 is 1.15 bits per heavy atom. The van der Waals surface area contributed by atoms with Crippen LogP contribution in [0.4, 0.5) is 5.69 Å². The molecule has 1 aromatic heterocycles. The Hall–Kier alpha value is -2.69. The summed E-state index contributed by atoms with van der Waals surface area (Å²) in [5.74, 6) is -0.704. The number of ether oxygens (including phenoxy) is 1. The fourth-order valence-electron chi connectivity index (χ4n) is 1.59. The quantitative estimate of drug-likeness (QED) is 0.867. The van der Waals surface area contributed by atoms with Gasteiger partial charge in [-0.15, -0.1) is 0 Å². The fraction of sp³-hybridized carbons (Fsp3) is 0.133. The molecule has 1 aromatic carbocycles. The van der Waals surface area contributed by atoms with Crippen molar-refractivity contribution >= 4 is 17.6 Å². The number of nitrogens with zero attached hydrogens (tertiary/aromatic N) is 1. The van der Waals surface area contributed by atoms with E-state index in [1.807, 2.05) is 6.07 Å². The molecule has 0 saturated heterocycles. The summed E-state index contributed by atoms with van der Waals surface area (Å²) < 4.78 is 4.83. The van der Waals surface area contributed by atoms with Crippen molar-refractivity contribution in [1.29, 1.82) is 0 Å². The second-order valence-corrected chi connectivity index (χ2v) is 3.97. The second kappa shape index (κ2) is 6.47. The Morgan fingerprint density at radius 2 is 1.90 bits per heavy atom. The molecule has 0 aliphatic carbocycles. The number of aromatic nitrogens is 1. The Balaban J connectivity index is 2.04. The summed E-state index contributed by atoms with van der Waals surface area (Å²) in [6.07, 6.45) is 1.42. The third-order valence-electron chi connectivity index (χ3n) is 2.54. The highest BCUT2D eigenvalue weighted by Gasteiger charge is 2.09. The first-order valence-corrected chi connectivity index (χ1v) is 6.20. The first-order valence-electron chi connectivity index (χ1n) is 6.20. The van der Waals surface area contributed by atoms with Gasteiger partial charge in [0.25, 0.3) is 5.91 Å². The number of rotatable bonds is 4. The summed E-state index contributed by atoms with van der Waals surface area (Å²) in [6, 6.07) is 12.0. The molecule has 1 N–H and O–H groups in total. The molecule has 0 aliphatic heterocycles. The maximum Gasteiger partial charge on any atom is 0.356 e. The summed E-state index contributed by atoms with van der Waals surface area (Å²) in [4.78, 5) is 27.3. The van der Waals surface area contributed by atoms with Crippen molar-refractivity contribution in [2.24, 2.45) is 0 Å². The number of pyridine rings is 1. The highest BCUT2D eigenvalue weighted by atomic mass is 16.5. The smallest absolute Gasteiger partial charge is 0.356 e. The van der Waals surface area contributed by atoms with E-state index in [-0.39, 0.29) is 11.6 Å². The Morgan fingerprint density at radius 3 is 2.50 bits per heavy atom. The molecule has 20 heavy (non-hydrogen) atoms. The second-order valence-electron chi connectivity index (χ2n) is 3.97. The molecule has 0 radical (unpaired) electrons. The lowest BCUT2D eigenvalue weighted by Crippen LogP contribution is -2.12. The molecule has 0 unspecified atom stereocenters. The SMILES string of the molecule is CCOC(=O)c1ccc(NC(=O)c2ccccc2)cn1. The number of esters is 1. The van der Waals surface area contributed by atoms with Gasteiger partial charge in [-0.05, 0) is 31.2 Å². The Kier molecular flexibility index (Phi) is 4.44. The van der Waals surface area contributed by atoms with E-state index in [0.717, 1.165) is 0 Å². The summed E-state index contributed by atoms with van der Waals surface area (Å²) in [5.41, 5.74) is 1.29. The lowest BCUT2D eigenvalue weighted by molar-refractivity contribution is 0.0519. The van der Waals surface area contributed by atoms with E-state index in [1.165, 1.54) is 12.3 Å².